The largest absolute Gasteiger partial charge is 0.345 e. The first-order chi connectivity index (χ1) is 7.41. The van der Waals surface area contributed by atoms with Crippen LogP contribution in [-0.4, -0.2) is 17.3 Å². The summed E-state index contributed by atoms with van der Waals surface area (Å²) >= 11 is 14.0. The SMILES string of the molecule is CCC(C)(CCl)NC(=O)c1cc(Br)c(Br)s1. The third kappa shape index (κ3) is 3.45. The maximum absolute atomic E-state index is 11.9. The lowest BCUT2D eigenvalue weighted by Gasteiger charge is -2.26. The standard InChI is InChI=1S/C10H12Br2ClNOS/c1-3-10(2,5-13)14-9(15)7-4-6(11)8(12)16-7/h4H,3,5H2,1-2H3,(H,14,15). The highest BCUT2D eigenvalue weighted by Crippen LogP contribution is 2.32. The van der Waals surface area contributed by atoms with E-state index in [1.807, 2.05) is 13.8 Å². The molecule has 1 unspecified atom stereocenters. The van der Waals surface area contributed by atoms with Crippen molar-refractivity contribution in [3.05, 3.63) is 19.2 Å². The Hall–Kier alpha value is 0.420. The molecule has 0 aliphatic heterocycles. The number of hydrogen-bond donors (Lipinski definition) is 1. The number of nitrogens with one attached hydrogen (secondary N) is 1. The van der Waals surface area contributed by atoms with Crippen LogP contribution in [-0.2, 0) is 0 Å². The van der Waals surface area contributed by atoms with Crippen molar-refractivity contribution in [2.75, 3.05) is 5.88 Å². The predicted octanol–water partition coefficient (Wildman–Crippen LogP) is 4.41. The molecule has 1 rings (SSSR count). The van der Waals surface area contributed by atoms with E-state index in [1.165, 1.54) is 11.3 Å². The van der Waals surface area contributed by atoms with Crippen molar-refractivity contribution in [1.82, 2.24) is 5.32 Å². The molecule has 1 amide bonds. The fraction of sp³-hybridized carbons (Fsp3) is 0.500. The lowest BCUT2D eigenvalue weighted by molar-refractivity contribution is 0.0916. The molecule has 1 atom stereocenters. The van der Waals surface area contributed by atoms with Crippen molar-refractivity contribution < 1.29 is 4.79 Å². The quantitative estimate of drug-likeness (QED) is 0.760. The van der Waals surface area contributed by atoms with Crippen LogP contribution in [0.3, 0.4) is 0 Å². The molecule has 2 nitrogen and oxygen atoms in total. The highest BCUT2D eigenvalue weighted by molar-refractivity contribution is 9.13. The maximum Gasteiger partial charge on any atom is 0.261 e. The van der Waals surface area contributed by atoms with Crippen LogP contribution in [0.15, 0.2) is 14.3 Å². The molecule has 0 saturated carbocycles. The van der Waals surface area contributed by atoms with Crippen LogP contribution in [0.1, 0.15) is 29.9 Å². The first-order valence-corrected chi connectivity index (χ1v) is 7.69. The number of carbonyl (C=O) groups is 1. The van der Waals surface area contributed by atoms with E-state index in [4.69, 9.17) is 11.6 Å². The summed E-state index contributed by atoms with van der Waals surface area (Å²) in [6.45, 7) is 3.94. The Balaban J connectivity index is 2.80. The first kappa shape index (κ1) is 14.5. The van der Waals surface area contributed by atoms with Crippen LogP contribution in [0, 0.1) is 0 Å². The van der Waals surface area contributed by atoms with E-state index in [0.29, 0.717) is 10.8 Å². The van der Waals surface area contributed by atoms with Gasteiger partial charge in [-0.15, -0.1) is 22.9 Å². The minimum absolute atomic E-state index is 0.0820. The summed E-state index contributed by atoms with van der Waals surface area (Å²) in [4.78, 5) is 12.6. The fourth-order valence-electron chi connectivity index (χ4n) is 1.01. The summed E-state index contributed by atoms with van der Waals surface area (Å²) < 4.78 is 1.81. The summed E-state index contributed by atoms with van der Waals surface area (Å²) in [5.41, 5.74) is -0.346. The van der Waals surface area contributed by atoms with E-state index < -0.39 is 0 Å². The molecule has 0 bridgehead atoms. The van der Waals surface area contributed by atoms with E-state index in [2.05, 4.69) is 37.2 Å². The van der Waals surface area contributed by atoms with Crippen LogP contribution in [0.5, 0.6) is 0 Å². The molecule has 1 heterocycles. The molecule has 0 fully saturated rings. The highest BCUT2D eigenvalue weighted by Gasteiger charge is 2.24. The number of alkyl halides is 1. The molecule has 90 valence electrons. The molecule has 0 aliphatic rings. The van der Waals surface area contributed by atoms with Crippen LogP contribution < -0.4 is 5.32 Å². The number of hydrogen-bond acceptors (Lipinski definition) is 2. The van der Waals surface area contributed by atoms with Crippen molar-refractivity contribution in [2.24, 2.45) is 0 Å². The van der Waals surface area contributed by atoms with E-state index in [9.17, 15) is 4.79 Å². The fourth-order valence-corrected chi connectivity index (χ4v) is 3.20. The molecule has 6 heteroatoms. The van der Waals surface area contributed by atoms with Crippen LogP contribution in [0.4, 0.5) is 0 Å². The van der Waals surface area contributed by atoms with Gasteiger partial charge in [-0.2, -0.15) is 0 Å². The number of amides is 1. The average Bonchev–Trinajstić information content (AvgIpc) is 2.59. The topological polar surface area (TPSA) is 29.1 Å². The summed E-state index contributed by atoms with van der Waals surface area (Å²) in [5.74, 6) is 0.324. The zero-order chi connectivity index (χ0) is 12.3. The summed E-state index contributed by atoms with van der Waals surface area (Å²) in [6.07, 6.45) is 0.802. The minimum Gasteiger partial charge on any atom is -0.345 e. The molecule has 1 aromatic heterocycles. The smallest absolute Gasteiger partial charge is 0.261 e. The molecular weight excluding hydrogens is 377 g/mol. The van der Waals surface area contributed by atoms with Crippen molar-refractivity contribution in [3.63, 3.8) is 0 Å². The molecule has 0 saturated heterocycles. The average molecular weight is 390 g/mol. The highest BCUT2D eigenvalue weighted by atomic mass is 79.9. The lowest BCUT2D eigenvalue weighted by Crippen LogP contribution is -2.46. The van der Waals surface area contributed by atoms with Crippen molar-refractivity contribution in [3.8, 4) is 0 Å². The van der Waals surface area contributed by atoms with E-state index in [1.54, 1.807) is 6.07 Å². The molecule has 0 aromatic carbocycles. The van der Waals surface area contributed by atoms with Gasteiger partial charge < -0.3 is 5.32 Å². The van der Waals surface area contributed by atoms with Gasteiger partial charge in [0.05, 0.1) is 14.2 Å². The number of carbonyl (C=O) groups excluding carboxylic acids is 1. The summed E-state index contributed by atoms with van der Waals surface area (Å²) in [7, 11) is 0. The van der Waals surface area contributed by atoms with Gasteiger partial charge in [-0.3, -0.25) is 4.79 Å². The zero-order valence-electron chi connectivity index (χ0n) is 8.94. The molecule has 1 aromatic rings. The van der Waals surface area contributed by atoms with Gasteiger partial charge in [-0.25, -0.2) is 0 Å². The van der Waals surface area contributed by atoms with E-state index in [0.717, 1.165) is 14.7 Å². The number of thiophene rings is 1. The Morgan fingerprint density at radius 3 is 2.62 bits per heavy atom. The summed E-state index contributed by atoms with van der Waals surface area (Å²) in [5, 5.41) is 2.95. The van der Waals surface area contributed by atoms with Gasteiger partial charge in [-0.1, -0.05) is 6.92 Å². The maximum atomic E-state index is 11.9. The van der Waals surface area contributed by atoms with Gasteiger partial charge in [0, 0.05) is 10.4 Å². The van der Waals surface area contributed by atoms with Crippen LogP contribution in [0.2, 0.25) is 0 Å². The minimum atomic E-state index is -0.346. The van der Waals surface area contributed by atoms with Gasteiger partial charge >= 0.3 is 0 Å². The second-order valence-electron chi connectivity index (χ2n) is 3.73. The third-order valence-electron chi connectivity index (χ3n) is 2.36. The normalized spacial score (nSPS) is 14.6. The lowest BCUT2D eigenvalue weighted by atomic mass is 10.0. The Morgan fingerprint density at radius 1 is 1.62 bits per heavy atom. The zero-order valence-corrected chi connectivity index (χ0v) is 13.7. The van der Waals surface area contributed by atoms with Gasteiger partial charge in [0.2, 0.25) is 0 Å². The van der Waals surface area contributed by atoms with Crippen LogP contribution >= 0.6 is 54.8 Å². The molecular formula is C10H12Br2ClNOS. The Bertz CT molecular complexity index is 371. The van der Waals surface area contributed by atoms with Gasteiger partial charge in [0.15, 0.2) is 0 Å². The third-order valence-corrected chi connectivity index (χ3v) is 6.20. The van der Waals surface area contributed by atoms with Crippen molar-refractivity contribution >= 4 is 60.7 Å². The van der Waals surface area contributed by atoms with Crippen molar-refractivity contribution in [1.29, 1.82) is 0 Å². The van der Waals surface area contributed by atoms with E-state index in [-0.39, 0.29) is 11.4 Å². The number of halogens is 3. The van der Waals surface area contributed by atoms with Gasteiger partial charge in [0.1, 0.15) is 0 Å². The Kier molecular flexibility index (Phi) is 5.29. The Morgan fingerprint density at radius 2 is 2.25 bits per heavy atom. The van der Waals surface area contributed by atoms with Gasteiger partial charge in [-0.05, 0) is 51.3 Å². The second kappa shape index (κ2) is 5.85. The molecule has 0 spiro atoms. The first-order valence-electron chi connectivity index (χ1n) is 4.75. The molecule has 0 radical (unpaired) electrons. The second-order valence-corrected chi connectivity index (χ2v) is 7.23. The predicted molar refractivity (Wildman–Crippen MR) is 76.6 cm³/mol. The molecule has 16 heavy (non-hydrogen) atoms. The molecule has 0 aliphatic carbocycles. The Labute approximate surface area is 121 Å². The summed E-state index contributed by atoms with van der Waals surface area (Å²) in [6, 6.07) is 1.80. The number of rotatable bonds is 4. The molecule has 1 N–H and O–H groups in total. The monoisotopic (exact) mass is 387 g/mol. The van der Waals surface area contributed by atoms with Gasteiger partial charge in [0.25, 0.3) is 5.91 Å². The van der Waals surface area contributed by atoms with Crippen LogP contribution in [0.25, 0.3) is 0 Å². The van der Waals surface area contributed by atoms with Crippen molar-refractivity contribution in [2.45, 2.75) is 25.8 Å². The van der Waals surface area contributed by atoms with E-state index >= 15 is 0 Å².